The number of nitrogens with one attached hydrogen (secondary N) is 1. The SMILES string of the molecule is CC(C)(CCNCC1CCCCO1)C(N)=NO. The quantitative estimate of drug-likeness (QED) is 0.216. The standard InChI is InChI=1S/C12H25N3O2/c1-12(2,11(13)15-16)6-7-14-9-10-5-3-4-8-17-10/h10,14,16H,3-9H2,1-2H3,(H2,13,15). The molecule has 0 aliphatic carbocycles. The summed E-state index contributed by atoms with van der Waals surface area (Å²) in [5, 5.41) is 15.1. The first-order valence-electron chi connectivity index (χ1n) is 6.36. The van der Waals surface area contributed by atoms with Gasteiger partial charge in [0.2, 0.25) is 0 Å². The van der Waals surface area contributed by atoms with Crippen molar-refractivity contribution in [2.45, 2.75) is 45.6 Å². The Morgan fingerprint density at radius 3 is 2.88 bits per heavy atom. The first-order valence-corrected chi connectivity index (χ1v) is 6.36. The fraction of sp³-hybridized carbons (Fsp3) is 0.917. The highest BCUT2D eigenvalue weighted by molar-refractivity contribution is 5.85. The molecule has 100 valence electrons. The maximum absolute atomic E-state index is 8.65. The van der Waals surface area contributed by atoms with Crippen LogP contribution in [0, 0.1) is 5.41 Å². The minimum atomic E-state index is -0.269. The molecule has 0 radical (unpaired) electrons. The van der Waals surface area contributed by atoms with Crippen LogP contribution in [-0.2, 0) is 4.74 Å². The Kier molecular flexibility index (Phi) is 5.71. The van der Waals surface area contributed by atoms with E-state index in [-0.39, 0.29) is 11.3 Å². The zero-order valence-corrected chi connectivity index (χ0v) is 10.9. The van der Waals surface area contributed by atoms with Crippen LogP contribution >= 0.6 is 0 Å². The second-order valence-electron chi connectivity index (χ2n) is 5.31. The van der Waals surface area contributed by atoms with Crippen LogP contribution < -0.4 is 11.1 Å². The van der Waals surface area contributed by atoms with Gasteiger partial charge < -0.3 is 21.0 Å². The largest absolute Gasteiger partial charge is 0.409 e. The van der Waals surface area contributed by atoms with Gasteiger partial charge in [-0.1, -0.05) is 19.0 Å². The molecule has 1 aliphatic heterocycles. The van der Waals surface area contributed by atoms with Crippen molar-refractivity contribution in [2.24, 2.45) is 16.3 Å². The number of ether oxygens (including phenoxy) is 1. The Morgan fingerprint density at radius 2 is 2.29 bits per heavy atom. The normalized spacial score (nSPS) is 22.7. The Hall–Kier alpha value is -0.810. The van der Waals surface area contributed by atoms with E-state index < -0.39 is 0 Å². The molecule has 0 aromatic heterocycles. The van der Waals surface area contributed by atoms with E-state index in [1.54, 1.807) is 0 Å². The van der Waals surface area contributed by atoms with E-state index in [9.17, 15) is 0 Å². The third-order valence-electron chi connectivity index (χ3n) is 3.37. The molecular weight excluding hydrogens is 218 g/mol. The lowest BCUT2D eigenvalue weighted by molar-refractivity contribution is 0.0168. The maximum atomic E-state index is 8.65. The molecule has 1 unspecified atom stereocenters. The predicted octanol–water partition coefficient (Wildman–Crippen LogP) is 1.31. The fourth-order valence-electron chi connectivity index (χ4n) is 1.90. The maximum Gasteiger partial charge on any atom is 0.144 e. The van der Waals surface area contributed by atoms with E-state index >= 15 is 0 Å². The van der Waals surface area contributed by atoms with Crippen LogP contribution in [-0.4, -0.2) is 36.8 Å². The molecule has 1 rings (SSSR count). The molecule has 1 heterocycles. The van der Waals surface area contributed by atoms with Crippen LogP contribution in [0.2, 0.25) is 0 Å². The van der Waals surface area contributed by atoms with Crippen molar-refractivity contribution < 1.29 is 9.94 Å². The molecule has 0 aromatic rings. The van der Waals surface area contributed by atoms with Crippen molar-refractivity contribution in [3.63, 3.8) is 0 Å². The lowest BCUT2D eigenvalue weighted by Crippen LogP contribution is -2.37. The Labute approximate surface area is 103 Å². The van der Waals surface area contributed by atoms with Crippen LogP contribution in [0.1, 0.15) is 39.5 Å². The number of oxime groups is 1. The van der Waals surface area contributed by atoms with Crippen LogP contribution in [0.15, 0.2) is 5.16 Å². The van der Waals surface area contributed by atoms with Crippen LogP contribution in [0.25, 0.3) is 0 Å². The topological polar surface area (TPSA) is 79.9 Å². The van der Waals surface area contributed by atoms with Gasteiger partial charge in [-0.3, -0.25) is 0 Å². The number of nitrogens with zero attached hydrogens (tertiary/aromatic N) is 1. The molecule has 17 heavy (non-hydrogen) atoms. The second kappa shape index (κ2) is 6.81. The number of amidine groups is 1. The first-order chi connectivity index (χ1) is 8.06. The predicted molar refractivity (Wildman–Crippen MR) is 68.3 cm³/mol. The molecule has 1 aliphatic rings. The summed E-state index contributed by atoms with van der Waals surface area (Å²) >= 11 is 0. The van der Waals surface area contributed by atoms with Crippen molar-refractivity contribution in [1.82, 2.24) is 5.32 Å². The van der Waals surface area contributed by atoms with Gasteiger partial charge in [-0.2, -0.15) is 0 Å². The van der Waals surface area contributed by atoms with E-state index in [1.807, 2.05) is 13.8 Å². The van der Waals surface area contributed by atoms with Gasteiger partial charge in [-0.15, -0.1) is 0 Å². The minimum Gasteiger partial charge on any atom is -0.409 e. The molecule has 0 bridgehead atoms. The average molecular weight is 243 g/mol. The van der Waals surface area contributed by atoms with Gasteiger partial charge in [0.15, 0.2) is 0 Å². The van der Waals surface area contributed by atoms with E-state index in [1.165, 1.54) is 12.8 Å². The molecule has 0 amide bonds. The Balaban J connectivity index is 2.14. The molecule has 0 aromatic carbocycles. The summed E-state index contributed by atoms with van der Waals surface area (Å²) < 4.78 is 5.63. The third-order valence-corrected chi connectivity index (χ3v) is 3.37. The molecule has 0 spiro atoms. The number of hydrogen-bond donors (Lipinski definition) is 3. The van der Waals surface area contributed by atoms with Gasteiger partial charge in [-0.05, 0) is 32.2 Å². The molecule has 0 saturated carbocycles. The molecule has 4 N–H and O–H groups in total. The highest BCUT2D eigenvalue weighted by Gasteiger charge is 2.23. The van der Waals surface area contributed by atoms with Crippen LogP contribution in [0.3, 0.4) is 0 Å². The highest BCUT2D eigenvalue weighted by Crippen LogP contribution is 2.19. The van der Waals surface area contributed by atoms with E-state index in [0.29, 0.717) is 6.10 Å². The fourth-order valence-corrected chi connectivity index (χ4v) is 1.90. The summed E-state index contributed by atoms with van der Waals surface area (Å²) in [5.41, 5.74) is 5.35. The number of nitrogens with two attached hydrogens (primary N) is 1. The molecule has 5 heteroatoms. The Bertz CT molecular complexity index is 248. The number of rotatable bonds is 6. The van der Waals surface area contributed by atoms with Gasteiger partial charge in [0, 0.05) is 18.6 Å². The lowest BCUT2D eigenvalue weighted by Gasteiger charge is -2.25. The van der Waals surface area contributed by atoms with E-state index in [2.05, 4.69) is 10.5 Å². The smallest absolute Gasteiger partial charge is 0.144 e. The second-order valence-corrected chi connectivity index (χ2v) is 5.31. The van der Waals surface area contributed by atoms with Crippen molar-refractivity contribution in [1.29, 1.82) is 0 Å². The van der Waals surface area contributed by atoms with Crippen molar-refractivity contribution in [2.75, 3.05) is 19.7 Å². The van der Waals surface area contributed by atoms with E-state index in [4.69, 9.17) is 15.7 Å². The summed E-state index contributed by atoms with van der Waals surface area (Å²) in [7, 11) is 0. The summed E-state index contributed by atoms with van der Waals surface area (Å²) in [4.78, 5) is 0. The average Bonchev–Trinajstić information content (AvgIpc) is 2.35. The van der Waals surface area contributed by atoms with Crippen molar-refractivity contribution in [3.05, 3.63) is 0 Å². The molecule has 1 atom stereocenters. The van der Waals surface area contributed by atoms with Gasteiger partial charge in [0.1, 0.15) is 5.84 Å². The molecule has 1 fully saturated rings. The summed E-state index contributed by atoms with van der Waals surface area (Å²) in [6, 6.07) is 0. The lowest BCUT2D eigenvalue weighted by atomic mass is 9.88. The molecular formula is C12H25N3O2. The van der Waals surface area contributed by atoms with Crippen molar-refractivity contribution in [3.8, 4) is 0 Å². The molecule has 1 saturated heterocycles. The van der Waals surface area contributed by atoms with Crippen LogP contribution in [0.5, 0.6) is 0 Å². The number of hydrogen-bond acceptors (Lipinski definition) is 4. The van der Waals surface area contributed by atoms with Crippen LogP contribution in [0.4, 0.5) is 0 Å². The summed E-state index contributed by atoms with van der Waals surface area (Å²) in [6.07, 6.45) is 4.80. The van der Waals surface area contributed by atoms with Gasteiger partial charge in [0.25, 0.3) is 0 Å². The van der Waals surface area contributed by atoms with Gasteiger partial charge >= 0.3 is 0 Å². The Morgan fingerprint density at radius 1 is 1.53 bits per heavy atom. The van der Waals surface area contributed by atoms with Gasteiger partial charge in [0.05, 0.1) is 6.10 Å². The van der Waals surface area contributed by atoms with Gasteiger partial charge in [-0.25, -0.2) is 0 Å². The summed E-state index contributed by atoms with van der Waals surface area (Å²) in [6.45, 7) is 6.58. The van der Waals surface area contributed by atoms with Crippen molar-refractivity contribution >= 4 is 5.84 Å². The van der Waals surface area contributed by atoms with E-state index in [0.717, 1.165) is 32.5 Å². The highest BCUT2D eigenvalue weighted by atomic mass is 16.5. The third kappa shape index (κ3) is 4.91. The zero-order chi connectivity index (χ0) is 12.7. The minimum absolute atomic E-state index is 0.269. The monoisotopic (exact) mass is 243 g/mol. The zero-order valence-electron chi connectivity index (χ0n) is 10.9. The first kappa shape index (κ1) is 14.3. The summed E-state index contributed by atoms with van der Waals surface area (Å²) in [5.74, 6) is 0.285. The molecule has 5 nitrogen and oxygen atoms in total.